The number of amides is 1. The molecule has 1 aliphatic rings. The molecular formula is C8H15ClN2O. The fourth-order valence-corrected chi connectivity index (χ4v) is 1.70. The molecule has 0 spiro atoms. The summed E-state index contributed by atoms with van der Waals surface area (Å²) < 4.78 is 0. The standard InChI is InChI=1S/C8H15ClN2O/c9-4-3-8(12)11-7-2-1-6(10)5-7/h6-7H,1-5,10H2,(H,11,12)/t6-,7+/m1/s1. The minimum absolute atomic E-state index is 0.0455. The first kappa shape index (κ1) is 9.81. The van der Waals surface area contributed by atoms with E-state index in [2.05, 4.69) is 5.32 Å². The Morgan fingerprint density at radius 2 is 2.33 bits per heavy atom. The highest BCUT2D eigenvalue weighted by molar-refractivity contribution is 6.18. The maximum absolute atomic E-state index is 11.1. The minimum Gasteiger partial charge on any atom is -0.353 e. The highest BCUT2D eigenvalue weighted by atomic mass is 35.5. The zero-order chi connectivity index (χ0) is 8.97. The molecule has 1 fully saturated rings. The van der Waals surface area contributed by atoms with Crippen LogP contribution in [0.1, 0.15) is 25.7 Å². The SMILES string of the molecule is N[C@@H]1CC[C@H](NC(=O)CCCl)C1. The molecule has 0 radical (unpaired) electrons. The Morgan fingerprint density at radius 3 is 2.83 bits per heavy atom. The van der Waals surface area contributed by atoms with E-state index in [9.17, 15) is 4.79 Å². The Balaban J connectivity index is 2.18. The van der Waals surface area contributed by atoms with Crippen molar-refractivity contribution in [2.75, 3.05) is 5.88 Å². The van der Waals surface area contributed by atoms with Crippen molar-refractivity contribution in [3.8, 4) is 0 Å². The van der Waals surface area contributed by atoms with E-state index in [0.29, 0.717) is 12.3 Å². The van der Waals surface area contributed by atoms with E-state index in [1.54, 1.807) is 0 Å². The summed E-state index contributed by atoms with van der Waals surface area (Å²) in [6, 6.07) is 0.557. The lowest BCUT2D eigenvalue weighted by Gasteiger charge is -2.11. The van der Waals surface area contributed by atoms with Gasteiger partial charge >= 0.3 is 0 Å². The number of rotatable bonds is 3. The smallest absolute Gasteiger partial charge is 0.221 e. The fraction of sp³-hybridized carbons (Fsp3) is 0.875. The molecule has 1 rings (SSSR count). The average molecular weight is 191 g/mol. The predicted molar refractivity (Wildman–Crippen MR) is 49.1 cm³/mol. The quantitative estimate of drug-likeness (QED) is 0.641. The first-order valence-electron chi connectivity index (χ1n) is 4.33. The number of alkyl halides is 1. The fourth-order valence-electron chi connectivity index (χ4n) is 1.53. The molecule has 0 aliphatic heterocycles. The summed E-state index contributed by atoms with van der Waals surface area (Å²) >= 11 is 5.42. The number of hydrogen-bond acceptors (Lipinski definition) is 2. The van der Waals surface area contributed by atoms with Crippen LogP contribution in [-0.2, 0) is 4.79 Å². The zero-order valence-corrected chi connectivity index (χ0v) is 7.81. The lowest BCUT2D eigenvalue weighted by molar-refractivity contribution is -0.121. The number of halogens is 1. The van der Waals surface area contributed by atoms with E-state index in [0.717, 1.165) is 19.3 Å². The summed E-state index contributed by atoms with van der Waals surface area (Å²) in [6.45, 7) is 0. The number of carbonyl (C=O) groups is 1. The van der Waals surface area contributed by atoms with Crippen molar-refractivity contribution in [2.45, 2.75) is 37.8 Å². The number of carbonyl (C=O) groups excluding carboxylic acids is 1. The highest BCUT2D eigenvalue weighted by Crippen LogP contribution is 2.16. The first-order chi connectivity index (χ1) is 5.72. The van der Waals surface area contributed by atoms with Crippen molar-refractivity contribution < 1.29 is 4.79 Å². The lowest BCUT2D eigenvalue weighted by Crippen LogP contribution is -2.34. The number of nitrogens with two attached hydrogens (primary N) is 1. The largest absolute Gasteiger partial charge is 0.353 e. The summed E-state index contributed by atoms with van der Waals surface area (Å²) in [5, 5.41) is 2.91. The van der Waals surface area contributed by atoms with Gasteiger partial charge in [0.15, 0.2) is 0 Å². The average Bonchev–Trinajstić information content (AvgIpc) is 2.36. The van der Waals surface area contributed by atoms with Crippen molar-refractivity contribution >= 4 is 17.5 Å². The second kappa shape index (κ2) is 4.67. The van der Waals surface area contributed by atoms with Gasteiger partial charge in [0.1, 0.15) is 0 Å². The first-order valence-corrected chi connectivity index (χ1v) is 4.86. The van der Waals surface area contributed by atoms with Gasteiger partial charge in [-0.15, -0.1) is 11.6 Å². The van der Waals surface area contributed by atoms with Crippen LogP contribution in [0.5, 0.6) is 0 Å². The number of nitrogens with one attached hydrogen (secondary N) is 1. The normalized spacial score (nSPS) is 28.8. The highest BCUT2D eigenvalue weighted by Gasteiger charge is 2.22. The van der Waals surface area contributed by atoms with Gasteiger partial charge in [0.25, 0.3) is 0 Å². The van der Waals surface area contributed by atoms with E-state index >= 15 is 0 Å². The van der Waals surface area contributed by atoms with Gasteiger partial charge in [0.2, 0.25) is 5.91 Å². The molecule has 1 amide bonds. The molecule has 0 aromatic heterocycles. The van der Waals surface area contributed by atoms with Gasteiger partial charge in [0.05, 0.1) is 0 Å². The van der Waals surface area contributed by atoms with Crippen LogP contribution in [0.15, 0.2) is 0 Å². The molecule has 0 aromatic rings. The Labute approximate surface area is 77.6 Å². The van der Waals surface area contributed by atoms with Crippen LogP contribution in [0, 0.1) is 0 Å². The maximum Gasteiger partial charge on any atom is 0.221 e. The van der Waals surface area contributed by atoms with Gasteiger partial charge < -0.3 is 11.1 Å². The second-order valence-electron chi connectivity index (χ2n) is 3.28. The summed E-state index contributed by atoms with van der Waals surface area (Å²) in [5.74, 6) is 0.439. The van der Waals surface area contributed by atoms with Crippen LogP contribution in [-0.4, -0.2) is 23.9 Å². The molecule has 1 aliphatic carbocycles. The molecule has 0 bridgehead atoms. The van der Waals surface area contributed by atoms with E-state index in [-0.39, 0.29) is 18.0 Å². The van der Waals surface area contributed by atoms with Crippen LogP contribution in [0.25, 0.3) is 0 Å². The van der Waals surface area contributed by atoms with E-state index in [4.69, 9.17) is 17.3 Å². The monoisotopic (exact) mass is 190 g/mol. The van der Waals surface area contributed by atoms with Crippen LogP contribution >= 0.6 is 11.6 Å². The molecule has 0 saturated heterocycles. The van der Waals surface area contributed by atoms with Gasteiger partial charge in [-0.2, -0.15) is 0 Å². The third-order valence-corrected chi connectivity index (χ3v) is 2.35. The molecule has 3 N–H and O–H groups in total. The molecule has 3 nitrogen and oxygen atoms in total. The van der Waals surface area contributed by atoms with Crippen LogP contribution < -0.4 is 11.1 Å². The molecule has 70 valence electrons. The molecule has 1 saturated carbocycles. The van der Waals surface area contributed by atoms with Crippen LogP contribution in [0.2, 0.25) is 0 Å². The zero-order valence-electron chi connectivity index (χ0n) is 7.05. The van der Waals surface area contributed by atoms with Crippen LogP contribution in [0.4, 0.5) is 0 Å². The Hall–Kier alpha value is -0.280. The Kier molecular flexibility index (Phi) is 3.82. The summed E-state index contributed by atoms with van der Waals surface area (Å²) in [4.78, 5) is 11.1. The molecular weight excluding hydrogens is 176 g/mol. The molecule has 4 heteroatoms. The topological polar surface area (TPSA) is 55.1 Å². The van der Waals surface area contributed by atoms with E-state index in [1.807, 2.05) is 0 Å². The van der Waals surface area contributed by atoms with Crippen molar-refractivity contribution in [3.05, 3.63) is 0 Å². The summed E-state index contributed by atoms with van der Waals surface area (Å²) in [6.07, 6.45) is 3.35. The minimum atomic E-state index is 0.0455. The van der Waals surface area contributed by atoms with Crippen LogP contribution in [0.3, 0.4) is 0 Å². The predicted octanol–water partition coefficient (Wildman–Crippen LogP) is 0.611. The van der Waals surface area contributed by atoms with Crippen molar-refractivity contribution in [1.29, 1.82) is 0 Å². The Morgan fingerprint density at radius 1 is 1.58 bits per heavy atom. The molecule has 0 aromatic carbocycles. The summed E-state index contributed by atoms with van der Waals surface area (Å²) in [7, 11) is 0. The molecule has 2 atom stereocenters. The van der Waals surface area contributed by atoms with Gasteiger partial charge in [-0.3, -0.25) is 4.79 Å². The van der Waals surface area contributed by atoms with Gasteiger partial charge in [-0.1, -0.05) is 0 Å². The maximum atomic E-state index is 11.1. The summed E-state index contributed by atoms with van der Waals surface area (Å²) in [5.41, 5.74) is 5.70. The van der Waals surface area contributed by atoms with Gasteiger partial charge in [-0.25, -0.2) is 0 Å². The Bertz CT molecular complexity index is 163. The number of hydrogen-bond donors (Lipinski definition) is 2. The van der Waals surface area contributed by atoms with Crippen molar-refractivity contribution in [2.24, 2.45) is 5.73 Å². The van der Waals surface area contributed by atoms with E-state index in [1.165, 1.54) is 0 Å². The third kappa shape index (κ3) is 2.99. The molecule has 0 heterocycles. The van der Waals surface area contributed by atoms with Crippen molar-refractivity contribution in [1.82, 2.24) is 5.32 Å². The van der Waals surface area contributed by atoms with E-state index < -0.39 is 0 Å². The van der Waals surface area contributed by atoms with Crippen molar-refractivity contribution in [3.63, 3.8) is 0 Å². The third-order valence-electron chi connectivity index (χ3n) is 2.16. The molecule has 12 heavy (non-hydrogen) atoms. The lowest BCUT2D eigenvalue weighted by atomic mass is 10.2. The van der Waals surface area contributed by atoms with Gasteiger partial charge in [-0.05, 0) is 19.3 Å². The molecule has 0 unspecified atom stereocenters. The second-order valence-corrected chi connectivity index (χ2v) is 3.65. The van der Waals surface area contributed by atoms with Gasteiger partial charge in [0, 0.05) is 24.4 Å².